The van der Waals surface area contributed by atoms with Crippen LogP contribution < -0.4 is 5.32 Å². The lowest BCUT2D eigenvalue weighted by molar-refractivity contribution is -0.138. The van der Waals surface area contributed by atoms with Gasteiger partial charge in [-0.2, -0.15) is 0 Å². The predicted molar refractivity (Wildman–Crippen MR) is 80.9 cm³/mol. The second kappa shape index (κ2) is 5.77. The zero-order valence-corrected chi connectivity index (χ0v) is 12.2. The maximum atomic E-state index is 12.3. The SMILES string of the molecule is O=C(NC1CC(C(=O)O)c2ccccc21)c1ccncc1Cl. The molecule has 1 aliphatic carbocycles. The minimum Gasteiger partial charge on any atom is -0.481 e. The van der Waals surface area contributed by atoms with Crippen LogP contribution in [0.15, 0.2) is 42.7 Å². The van der Waals surface area contributed by atoms with E-state index in [2.05, 4.69) is 10.3 Å². The predicted octanol–water partition coefficient (Wildman–Crippen LogP) is 2.78. The smallest absolute Gasteiger partial charge is 0.311 e. The van der Waals surface area contributed by atoms with Crippen LogP contribution >= 0.6 is 11.6 Å². The molecule has 0 radical (unpaired) electrons. The van der Waals surface area contributed by atoms with Gasteiger partial charge >= 0.3 is 5.97 Å². The summed E-state index contributed by atoms with van der Waals surface area (Å²) in [6.07, 6.45) is 3.23. The molecule has 1 heterocycles. The molecule has 0 bridgehead atoms. The Kier molecular flexibility index (Phi) is 3.81. The molecule has 1 aromatic heterocycles. The number of fused-ring (bicyclic) bond motifs is 1. The molecule has 0 saturated heterocycles. The van der Waals surface area contributed by atoms with E-state index in [1.807, 2.05) is 12.1 Å². The highest BCUT2D eigenvalue weighted by atomic mass is 35.5. The molecule has 0 saturated carbocycles. The highest BCUT2D eigenvalue weighted by Crippen LogP contribution is 2.40. The molecule has 1 amide bonds. The van der Waals surface area contributed by atoms with Gasteiger partial charge in [0.15, 0.2) is 0 Å². The van der Waals surface area contributed by atoms with Crippen LogP contribution in [-0.4, -0.2) is 22.0 Å². The number of benzene rings is 1. The Balaban J connectivity index is 1.87. The van der Waals surface area contributed by atoms with E-state index in [0.29, 0.717) is 12.0 Å². The van der Waals surface area contributed by atoms with Gasteiger partial charge in [-0.25, -0.2) is 0 Å². The fourth-order valence-electron chi connectivity index (χ4n) is 2.80. The summed E-state index contributed by atoms with van der Waals surface area (Å²) in [4.78, 5) is 27.6. The fourth-order valence-corrected chi connectivity index (χ4v) is 3.01. The Morgan fingerprint density at radius 2 is 1.95 bits per heavy atom. The van der Waals surface area contributed by atoms with Gasteiger partial charge in [0, 0.05) is 12.4 Å². The van der Waals surface area contributed by atoms with Gasteiger partial charge in [-0.15, -0.1) is 0 Å². The molecule has 6 heteroatoms. The zero-order valence-electron chi connectivity index (χ0n) is 11.5. The number of halogens is 1. The van der Waals surface area contributed by atoms with Crippen molar-refractivity contribution >= 4 is 23.5 Å². The quantitative estimate of drug-likeness (QED) is 0.912. The standard InChI is InChI=1S/C16H13ClN2O3/c17-13-8-18-6-5-11(13)15(20)19-14-7-12(16(21)22)9-3-1-2-4-10(9)14/h1-6,8,12,14H,7H2,(H,19,20)(H,21,22). The molecule has 2 atom stereocenters. The summed E-state index contributed by atoms with van der Waals surface area (Å²) in [5, 5.41) is 12.5. The van der Waals surface area contributed by atoms with Gasteiger partial charge in [0.2, 0.25) is 0 Å². The van der Waals surface area contributed by atoms with Crippen LogP contribution in [0.1, 0.15) is 39.9 Å². The first kappa shape index (κ1) is 14.5. The summed E-state index contributed by atoms with van der Waals surface area (Å²) in [7, 11) is 0. The van der Waals surface area contributed by atoms with E-state index in [4.69, 9.17) is 11.6 Å². The van der Waals surface area contributed by atoms with E-state index >= 15 is 0 Å². The van der Waals surface area contributed by atoms with Crippen LogP contribution in [0, 0.1) is 0 Å². The van der Waals surface area contributed by atoms with E-state index in [9.17, 15) is 14.7 Å². The first-order chi connectivity index (χ1) is 10.6. The summed E-state index contributed by atoms with van der Waals surface area (Å²) < 4.78 is 0. The molecule has 2 N–H and O–H groups in total. The first-order valence-electron chi connectivity index (χ1n) is 6.80. The molecular formula is C16H13ClN2O3. The van der Waals surface area contributed by atoms with Crippen LogP contribution in [0.4, 0.5) is 0 Å². The average molecular weight is 317 g/mol. The van der Waals surface area contributed by atoms with E-state index in [0.717, 1.165) is 11.1 Å². The number of amides is 1. The molecular weight excluding hydrogens is 304 g/mol. The van der Waals surface area contributed by atoms with Crippen LogP contribution in [0.25, 0.3) is 0 Å². The molecule has 2 aromatic rings. The Hall–Kier alpha value is -2.40. The van der Waals surface area contributed by atoms with Gasteiger partial charge in [0.1, 0.15) is 0 Å². The number of rotatable bonds is 3. The normalized spacial score (nSPS) is 19.5. The molecule has 0 spiro atoms. The Morgan fingerprint density at radius 1 is 1.23 bits per heavy atom. The maximum Gasteiger partial charge on any atom is 0.311 e. The Morgan fingerprint density at radius 3 is 2.64 bits per heavy atom. The number of aromatic nitrogens is 1. The van der Waals surface area contributed by atoms with Crippen LogP contribution in [0.3, 0.4) is 0 Å². The monoisotopic (exact) mass is 316 g/mol. The number of nitrogens with zero attached hydrogens (tertiary/aromatic N) is 1. The number of carboxylic acid groups (broad SMARTS) is 1. The third kappa shape index (κ3) is 2.55. The molecule has 3 rings (SSSR count). The van der Waals surface area contributed by atoms with Gasteiger partial charge < -0.3 is 10.4 Å². The van der Waals surface area contributed by atoms with Gasteiger partial charge in [-0.1, -0.05) is 35.9 Å². The molecule has 112 valence electrons. The van der Waals surface area contributed by atoms with Crippen molar-refractivity contribution in [2.75, 3.05) is 0 Å². The van der Waals surface area contributed by atoms with Gasteiger partial charge in [-0.05, 0) is 23.6 Å². The Labute approximate surface area is 131 Å². The summed E-state index contributed by atoms with van der Waals surface area (Å²) in [5.74, 6) is -1.82. The van der Waals surface area contributed by atoms with E-state index in [1.54, 1.807) is 12.1 Å². The topological polar surface area (TPSA) is 79.3 Å². The van der Waals surface area contributed by atoms with Crippen molar-refractivity contribution in [2.45, 2.75) is 18.4 Å². The maximum absolute atomic E-state index is 12.3. The number of pyridine rings is 1. The van der Waals surface area contributed by atoms with Crippen molar-refractivity contribution in [3.63, 3.8) is 0 Å². The number of carboxylic acids is 1. The van der Waals surface area contributed by atoms with Crippen LogP contribution in [0.5, 0.6) is 0 Å². The molecule has 22 heavy (non-hydrogen) atoms. The average Bonchev–Trinajstić information content (AvgIpc) is 2.87. The molecule has 2 unspecified atom stereocenters. The minimum absolute atomic E-state index is 0.265. The highest BCUT2D eigenvalue weighted by Gasteiger charge is 2.36. The number of nitrogens with one attached hydrogen (secondary N) is 1. The van der Waals surface area contributed by atoms with Crippen molar-refractivity contribution in [1.82, 2.24) is 10.3 Å². The van der Waals surface area contributed by atoms with Crippen molar-refractivity contribution in [3.05, 3.63) is 64.4 Å². The second-order valence-electron chi connectivity index (χ2n) is 5.14. The number of aliphatic carboxylic acids is 1. The largest absolute Gasteiger partial charge is 0.481 e. The van der Waals surface area contributed by atoms with Crippen molar-refractivity contribution < 1.29 is 14.7 Å². The van der Waals surface area contributed by atoms with Gasteiger partial charge in [0.05, 0.1) is 22.5 Å². The molecule has 1 aromatic carbocycles. The second-order valence-corrected chi connectivity index (χ2v) is 5.54. The number of carbonyl (C=O) groups excluding carboxylic acids is 1. The van der Waals surface area contributed by atoms with Gasteiger partial charge in [-0.3, -0.25) is 14.6 Å². The molecule has 5 nitrogen and oxygen atoms in total. The number of carbonyl (C=O) groups is 2. The van der Waals surface area contributed by atoms with Crippen LogP contribution in [-0.2, 0) is 4.79 Å². The van der Waals surface area contributed by atoms with Crippen LogP contribution in [0.2, 0.25) is 5.02 Å². The third-order valence-electron chi connectivity index (χ3n) is 3.84. The number of hydrogen-bond acceptors (Lipinski definition) is 3. The lowest BCUT2D eigenvalue weighted by Crippen LogP contribution is -2.27. The summed E-state index contributed by atoms with van der Waals surface area (Å²) in [6, 6.07) is 8.47. The Bertz CT molecular complexity index is 748. The fraction of sp³-hybridized carbons (Fsp3) is 0.188. The van der Waals surface area contributed by atoms with E-state index in [1.165, 1.54) is 18.5 Å². The third-order valence-corrected chi connectivity index (χ3v) is 4.14. The van der Waals surface area contributed by atoms with E-state index in [-0.39, 0.29) is 17.0 Å². The minimum atomic E-state index is -0.883. The van der Waals surface area contributed by atoms with Crippen molar-refractivity contribution in [3.8, 4) is 0 Å². The highest BCUT2D eigenvalue weighted by molar-refractivity contribution is 6.33. The molecule has 1 aliphatic rings. The zero-order chi connectivity index (χ0) is 15.7. The number of hydrogen-bond donors (Lipinski definition) is 2. The lowest BCUT2D eigenvalue weighted by atomic mass is 10.0. The van der Waals surface area contributed by atoms with E-state index < -0.39 is 11.9 Å². The lowest BCUT2D eigenvalue weighted by Gasteiger charge is -2.14. The molecule has 0 aliphatic heterocycles. The molecule has 0 fully saturated rings. The summed E-state index contributed by atoms with van der Waals surface area (Å²) in [5.41, 5.74) is 1.92. The van der Waals surface area contributed by atoms with Crippen molar-refractivity contribution in [2.24, 2.45) is 0 Å². The van der Waals surface area contributed by atoms with Crippen molar-refractivity contribution in [1.29, 1.82) is 0 Å². The summed E-state index contributed by atoms with van der Waals surface area (Å²) >= 11 is 5.97. The summed E-state index contributed by atoms with van der Waals surface area (Å²) in [6.45, 7) is 0. The van der Waals surface area contributed by atoms with Gasteiger partial charge in [0.25, 0.3) is 5.91 Å². The first-order valence-corrected chi connectivity index (χ1v) is 7.17.